The smallest absolute Gasteiger partial charge is 0.336 e. The van der Waals surface area contributed by atoms with Crippen molar-refractivity contribution < 1.29 is 19.3 Å². The van der Waals surface area contributed by atoms with Gasteiger partial charge in [0, 0.05) is 17.0 Å². The molecule has 0 saturated carbocycles. The fraction of sp³-hybridized carbons (Fsp3) is 0.409. The van der Waals surface area contributed by atoms with Gasteiger partial charge in [-0.05, 0) is 47.4 Å². The molecular formula is C22H28N2O3S+2. The van der Waals surface area contributed by atoms with Gasteiger partial charge in [0.05, 0.1) is 5.56 Å². The minimum Gasteiger partial charge on any atom is -0.507 e. The third kappa shape index (κ3) is 3.85. The van der Waals surface area contributed by atoms with E-state index >= 15 is 0 Å². The molecule has 4 rings (SSSR count). The van der Waals surface area contributed by atoms with Crippen LogP contribution in [-0.2, 0) is 19.5 Å². The van der Waals surface area contributed by atoms with E-state index in [4.69, 9.17) is 4.42 Å². The van der Waals surface area contributed by atoms with Gasteiger partial charge in [-0.15, -0.1) is 0 Å². The van der Waals surface area contributed by atoms with E-state index in [0.29, 0.717) is 17.9 Å². The highest BCUT2D eigenvalue weighted by atomic mass is 32.1. The summed E-state index contributed by atoms with van der Waals surface area (Å²) in [6, 6.07) is 5.70. The average Bonchev–Trinajstić information content (AvgIpc) is 3.18. The van der Waals surface area contributed by atoms with Gasteiger partial charge in [-0.25, -0.2) is 4.79 Å². The normalized spacial score (nSPS) is 19.9. The molecule has 3 heterocycles. The third-order valence-corrected chi connectivity index (χ3v) is 6.63. The van der Waals surface area contributed by atoms with E-state index in [2.05, 4.69) is 16.8 Å². The first-order valence-corrected chi connectivity index (χ1v) is 11.0. The largest absolute Gasteiger partial charge is 0.507 e. The zero-order chi connectivity index (χ0) is 19.7. The molecular weight excluding hydrogens is 372 g/mol. The van der Waals surface area contributed by atoms with Crippen molar-refractivity contribution >= 4 is 22.3 Å². The van der Waals surface area contributed by atoms with Crippen LogP contribution in [0.4, 0.5) is 0 Å². The molecule has 0 atom stereocenters. The minimum absolute atomic E-state index is 0.296. The topological polar surface area (TPSA) is 59.3 Å². The van der Waals surface area contributed by atoms with Crippen LogP contribution >= 0.6 is 11.3 Å². The monoisotopic (exact) mass is 400 g/mol. The highest BCUT2D eigenvalue weighted by Gasteiger charge is 2.26. The van der Waals surface area contributed by atoms with Crippen LogP contribution in [0.25, 0.3) is 11.0 Å². The number of benzene rings is 1. The SMILES string of the molecule is CCc1cc2c(C)cc(=O)oc2c(C[NH+]2CC[NH+](Cc3ccsc3)CC2)c1O. The van der Waals surface area contributed by atoms with Crippen LogP contribution in [0.1, 0.15) is 29.2 Å². The second-order valence-corrected chi connectivity index (χ2v) is 8.61. The second kappa shape index (κ2) is 8.07. The van der Waals surface area contributed by atoms with E-state index in [0.717, 1.165) is 61.2 Å². The molecule has 5 nitrogen and oxygen atoms in total. The number of phenolic OH excluding ortho intramolecular Hbond substituents is 1. The summed E-state index contributed by atoms with van der Waals surface area (Å²) in [6.07, 6.45) is 0.751. The van der Waals surface area contributed by atoms with Gasteiger partial charge in [0.2, 0.25) is 0 Å². The van der Waals surface area contributed by atoms with E-state index in [1.165, 1.54) is 16.5 Å². The van der Waals surface area contributed by atoms with Gasteiger partial charge in [-0.3, -0.25) is 0 Å². The Morgan fingerprint density at radius 1 is 1.14 bits per heavy atom. The van der Waals surface area contributed by atoms with Crippen molar-refractivity contribution in [3.05, 3.63) is 61.6 Å². The lowest BCUT2D eigenvalue weighted by atomic mass is 9.99. The Balaban J connectivity index is 1.56. The van der Waals surface area contributed by atoms with Crippen LogP contribution in [0, 0.1) is 6.92 Å². The first-order chi connectivity index (χ1) is 13.5. The second-order valence-electron chi connectivity index (χ2n) is 7.83. The molecule has 0 aliphatic carbocycles. The highest BCUT2D eigenvalue weighted by Crippen LogP contribution is 2.32. The van der Waals surface area contributed by atoms with Crippen LogP contribution in [0.15, 0.2) is 38.2 Å². The van der Waals surface area contributed by atoms with E-state index in [1.54, 1.807) is 16.2 Å². The van der Waals surface area contributed by atoms with Crippen LogP contribution in [-0.4, -0.2) is 31.3 Å². The molecule has 0 spiro atoms. The number of aromatic hydroxyl groups is 1. The van der Waals surface area contributed by atoms with Crippen molar-refractivity contribution in [1.82, 2.24) is 0 Å². The Hall–Kier alpha value is -2.15. The quantitative estimate of drug-likeness (QED) is 0.558. The Morgan fingerprint density at radius 3 is 2.50 bits per heavy atom. The van der Waals surface area contributed by atoms with Crippen molar-refractivity contribution in [2.45, 2.75) is 33.4 Å². The van der Waals surface area contributed by atoms with Crippen LogP contribution in [0.3, 0.4) is 0 Å². The average molecular weight is 401 g/mol. The summed E-state index contributed by atoms with van der Waals surface area (Å²) < 4.78 is 5.55. The molecule has 1 saturated heterocycles. The molecule has 1 aliphatic rings. The summed E-state index contributed by atoms with van der Waals surface area (Å²) in [4.78, 5) is 15.0. The molecule has 0 radical (unpaired) electrons. The first kappa shape index (κ1) is 19.2. The van der Waals surface area contributed by atoms with E-state index in [1.807, 2.05) is 19.9 Å². The number of thiophene rings is 1. The number of hydrogen-bond donors (Lipinski definition) is 3. The molecule has 3 N–H and O–H groups in total. The summed E-state index contributed by atoms with van der Waals surface area (Å²) in [5.74, 6) is 0.296. The van der Waals surface area contributed by atoms with Crippen molar-refractivity contribution in [3.63, 3.8) is 0 Å². The number of quaternary nitrogens is 2. The molecule has 1 fully saturated rings. The Labute approximate surface area is 168 Å². The first-order valence-electron chi connectivity index (χ1n) is 10.0. The lowest BCUT2D eigenvalue weighted by molar-refractivity contribution is -1.02. The summed E-state index contributed by atoms with van der Waals surface area (Å²) in [5, 5.41) is 16.2. The maximum absolute atomic E-state index is 12.0. The van der Waals surface area contributed by atoms with Crippen molar-refractivity contribution in [1.29, 1.82) is 0 Å². The molecule has 28 heavy (non-hydrogen) atoms. The van der Waals surface area contributed by atoms with Gasteiger partial charge in [-0.2, -0.15) is 11.3 Å². The highest BCUT2D eigenvalue weighted by molar-refractivity contribution is 7.07. The van der Waals surface area contributed by atoms with Crippen LogP contribution in [0.5, 0.6) is 5.75 Å². The number of rotatable bonds is 5. The Bertz CT molecular complexity index is 1020. The fourth-order valence-electron chi connectivity index (χ4n) is 4.24. The fourth-order valence-corrected chi connectivity index (χ4v) is 4.91. The number of fused-ring (bicyclic) bond motifs is 1. The van der Waals surface area contributed by atoms with E-state index < -0.39 is 0 Å². The lowest BCUT2D eigenvalue weighted by Crippen LogP contribution is -3.27. The molecule has 2 aromatic heterocycles. The van der Waals surface area contributed by atoms with E-state index in [-0.39, 0.29) is 5.63 Å². The minimum atomic E-state index is -0.352. The third-order valence-electron chi connectivity index (χ3n) is 5.90. The Kier molecular flexibility index (Phi) is 5.53. The van der Waals surface area contributed by atoms with Gasteiger partial charge in [0.15, 0.2) is 5.58 Å². The summed E-state index contributed by atoms with van der Waals surface area (Å²) in [6.45, 7) is 10.1. The number of hydrogen-bond acceptors (Lipinski definition) is 4. The van der Waals surface area contributed by atoms with Gasteiger partial charge < -0.3 is 19.3 Å². The number of phenols is 1. The molecule has 1 aromatic carbocycles. The zero-order valence-electron chi connectivity index (χ0n) is 16.5. The molecule has 0 amide bonds. The van der Waals surface area contributed by atoms with E-state index in [9.17, 15) is 9.90 Å². The molecule has 3 aromatic rings. The summed E-state index contributed by atoms with van der Waals surface area (Å²) in [5.41, 5.74) is 4.23. The maximum atomic E-state index is 12.0. The van der Waals surface area contributed by atoms with Crippen molar-refractivity contribution in [2.24, 2.45) is 0 Å². The summed E-state index contributed by atoms with van der Waals surface area (Å²) in [7, 11) is 0. The predicted molar refractivity (Wildman–Crippen MR) is 111 cm³/mol. The molecule has 148 valence electrons. The standard InChI is InChI=1S/C22H26N2O3S/c1-3-17-11-18-15(2)10-20(25)27-22(18)19(21(17)26)13-24-7-5-23(6-8-24)12-16-4-9-28-14-16/h4,9-11,14,26H,3,5-8,12-13H2,1-2H3/p+2. The van der Waals surface area contributed by atoms with Gasteiger partial charge in [0.25, 0.3) is 0 Å². The zero-order valence-corrected chi connectivity index (χ0v) is 17.3. The predicted octanol–water partition coefficient (Wildman–Crippen LogP) is 0.915. The van der Waals surface area contributed by atoms with Crippen LogP contribution in [0.2, 0.25) is 0 Å². The Morgan fingerprint density at radius 2 is 1.86 bits per heavy atom. The van der Waals surface area contributed by atoms with Gasteiger partial charge >= 0.3 is 5.63 Å². The number of nitrogens with one attached hydrogen (secondary N) is 2. The lowest BCUT2D eigenvalue weighted by Gasteiger charge is -2.30. The van der Waals surface area contributed by atoms with Crippen LogP contribution < -0.4 is 15.4 Å². The van der Waals surface area contributed by atoms with Crippen molar-refractivity contribution in [3.8, 4) is 5.75 Å². The maximum Gasteiger partial charge on any atom is 0.336 e. The number of aryl methyl sites for hydroxylation is 2. The molecule has 0 unspecified atom stereocenters. The van der Waals surface area contributed by atoms with Gasteiger partial charge in [-0.1, -0.05) is 6.92 Å². The number of piperazine rings is 1. The summed E-state index contributed by atoms with van der Waals surface area (Å²) >= 11 is 1.76. The van der Waals surface area contributed by atoms with Gasteiger partial charge in [0.1, 0.15) is 45.0 Å². The molecule has 1 aliphatic heterocycles. The van der Waals surface area contributed by atoms with Crippen molar-refractivity contribution in [2.75, 3.05) is 26.2 Å². The molecule has 0 bridgehead atoms. The molecule has 6 heteroatoms.